The lowest BCUT2D eigenvalue weighted by Gasteiger charge is -2.09. The first kappa shape index (κ1) is 14.2. The Hall–Kier alpha value is -1.19. The van der Waals surface area contributed by atoms with Gasteiger partial charge in [-0.2, -0.15) is 0 Å². The van der Waals surface area contributed by atoms with Crippen molar-refractivity contribution in [2.75, 3.05) is 0 Å². The third-order valence-corrected chi connectivity index (χ3v) is 4.02. The third kappa shape index (κ3) is 2.88. The van der Waals surface area contributed by atoms with Gasteiger partial charge in [-0.3, -0.25) is 4.79 Å². The van der Waals surface area contributed by atoms with E-state index in [1.807, 2.05) is 13.8 Å². The molecule has 98 valence electrons. The highest BCUT2D eigenvalue weighted by Crippen LogP contribution is 2.26. The number of hydrogen-bond acceptors (Lipinski definition) is 1. The predicted octanol–water partition coefficient (Wildman–Crippen LogP) is 5.09. The van der Waals surface area contributed by atoms with Gasteiger partial charge in [-0.15, -0.1) is 0 Å². The molecule has 2 aromatic carbocycles. The van der Waals surface area contributed by atoms with Crippen LogP contribution in [-0.4, -0.2) is 5.78 Å². The van der Waals surface area contributed by atoms with Crippen LogP contribution in [0.5, 0.6) is 0 Å². The molecule has 4 heteroatoms. The van der Waals surface area contributed by atoms with Gasteiger partial charge in [-0.1, -0.05) is 27.5 Å². The molecule has 19 heavy (non-hydrogen) atoms. The van der Waals surface area contributed by atoms with Crippen molar-refractivity contribution in [1.82, 2.24) is 0 Å². The maximum Gasteiger partial charge on any atom is 0.194 e. The summed E-state index contributed by atoms with van der Waals surface area (Å²) >= 11 is 9.28. The number of ketones is 1. The minimum absolute atomic E-state index is 0.219. The molecule has 0 aliphatic rings. The Labute approximate surface area is 124 Å². The van der Waals surface area contributed by atoms with Crippen molar-refractivity contribution in [3.8, 4) is 0 Å². The molecule has 0 amide bonds. The monoisotopic (exact) mass is 340 g/mol. The van der Waals surface area contributed by atoms with Crippen LogP contribution >= 0.6 is 27.5 Å². The van der Waals surface area contributed by atoms with Gasteiger partial charge in [-0.25, -0.2) is 4.39 Å². The smallest absolute Gasteiger partial charge is 0.194 e. The minimum Gasteiger partial charge on any atom is -0.289 e. The summed E-state index contributed by atoms with van der Waals surface area (Å²) in [4.78, 5) is 12.5. The van der Waals surface area contributed by atoms with Crippen LogP contribution in [0.3, 0.4) is 0 Å². The fourth-order valence-corrected chi connectivity index (χ4v) is 2.49. The summed E-state index contributed by atoms with van der Waals surface area (Å²) in [5, 5.41) is 0.618. The number of hydrogen-bond donors (Lipinski definition) is 0. The summed E-state index contributed by atoms with van der Waals surface area (Å²) in [6, 6.07) is 7.55. The zero-order chi connectivity index (χ0) is 14.2. The van der Waals surface area contributed by atoms with Crippen molar-refractivity contribution in [2.24, 2.45) is 0 Å². The standard InChI is InChI=1S/C15H11BrClFO/c1-8-6-14(17)9(2)5-11(8)15(19)12-7-10(18)3-4-13(12)16/h3-7H,1-2H3. The van der Waals surface area contributed by atoms with Gasteiger partial charge in [0.25, 0.3) is 0 Å². The lowest BCUT2D eigenvalue weighted by Crippen LogP contribution is -2.06. The van der Waals surface area contributed by atoms with Crippen molar-refractivity contribution in [3.63, 3.8) is 0 Å². The summed E-state index contributed by atoms with van der Waals surface area (Å²) in [7, 11) is 0. The molecule has 0 radical (unpaired) electrons. The zero-order valence-electron chi connectivity index (χ0n) is 10.4. The molecular weight excluding hydrogens is 331 g/mol. The second-order valence-corrected chi connectivity index (χ2v) is 5.63. The third-order valence-electron chi connectivity index (χ3n) is 2.92. The number of benzene rings is 2. The van der Waals surface area contributed by atoms with E-state index in [4.69, 9.17) is 11.6 Å². The highest BCUT2D eigenvalue weighted by molar-refractivity contribution is 9.10. The van der Waals surface area contributed by atoms with Gasteiger partial charge in [0.1, 0.15) is 5.82 Å². The highest BCUT2D eigenvalue weighted by Gasteiger charge is 2.16. The average molecular weight is 342 g/mol. The van der Waals surface area contributed by atoms with Crippen LogP contribution in [0.15, 0.2) is 34.8 Å². The van der Waals surface area contributed by atoms with E-state index < -0.39 is 5.82 Å². The summed E-state index contributed by atoms with van der Waals surface area (Å²) in [5.74, 6) is -0.654. The van der Waals surface area contributed by atoms with Gasteiger partial charge in [-0.05, 0) is 55.3 Å². The topological polar surface area (TPSA) is 17.1 Å². The largest absolute Gasteiger partial charge is 0.289 e. The highest BCUT2D eigenvalue weighted by atomic mass is 79.9. The van der Waals surface area contributed by atoms with Crippen LogP contribution in [-0.2, 0) is 0 Å². The Morgan fingerprint density at radius 3 is 2.47 bits per heavy atom. The van der Waals surface area contributed by atoms with E-state index in [0.29, 0.717) is 20.6 Å². The first-order chi connectivity index (χ1) is 8.90. The van der Waals surface area contributed by atoms with Crippen LogP contribution < -0.4 is 0 Å². The van der Waals surface area contributed by atoms with Gasteiger partial charge in [0.05, 0.1) is 0 Å². The fraction of sp³-hybridized carbons (Fsp3) is 0.133. The Bertz CT molecular complexity index is 667. The minimum atomic E-state index is -0.435. The number of halogens is 3. The van der Waals surface area contributed by atoms with Crippen LogP contribution in [0.1, 0.15) is 27.0 Å². The number of carbonyl (C=O) groups excluding carboxylic acids is 1. The molecule has 0 saturated carbocycles. The summed E-state index contributed by atoms with van der Waals surface area (Å²) in [6.45, 7) is 3.64. The van der Waals surface area contributed by atoms with E-state index in [0.717, 1.165) is 11.1 Å². The van der Waals surface area contributed by atoms with Crippen LogP contribution in [0, 0.1) is 19.7 Å². The fourth-order valence-electron chi connectivity index (χ4n) is 1.84. The SMILES string of the molecule is Cc1cc(C(=O)c2cc(F)ccc2Br)c(C)cc1Cl. The summed E-state index contributed by atoms with van der Waals surface area (Å²) < 4.78 is 13.8. The summed E-state index contributed by atoms with van der Waals surface area (Å²) in [5.41, 5.74) is 2.44. The van der Waals surface area contributed by atoms with E-state index >= 15 is 0 Å². The van der Waals surface area contributed by atoms with Crippen LogP contribution in [0.25, 0.3) is 0 Å². The molecule has 0 fully saturated rings. The maximum absolute atomic E-state index is 13.3. The van der Waals surface area contributed by atoms with Gasteiger partial charge < -0.3 is 0 Å². The van der Waals surface area contributed by atoms with E-state index in [1.165, 1.54) is 18.2 Å². The van der Waals surface area contributed by atoms with Gasteiger partial charge in [0.15, 0.2) is 5.78 Å². The van der Waals surface area contributed by atoms with Gasteiger partial charge in [0, 0.05) is 20.6 Å². The molecule has 1 nitrogen and oxygen atoms in total. The van der Waals surface area contributed by atoms with Crippen molar-refractivity contribution >= 4 is 33.3 Å². The van der Waals surface area contributed by atoms with Crippen molar-refractivity contribution in [1.29, 1.82) is 0 Å². The Kier molecular flexibility index (Phi) is 4.07. The molecule has 2 rings (SSSR count). The quantitative estimate of drug-likeness (QED) is 0.695. The molecule has 0 aliphatic heterocycles. The first-order valence-electron chi connectivity index (χ1n) is 5.66. The maximum atomic E-state index is 13.3. The van der Waals surface area contributed by atoms with Crippen LogP contribution in [0.4, 0.5) is 4.39 Å². The van der Waals surface area contributed by atoms with Crippen molar-refractivity contribution in [2.45, 2.75) is 13.8 Å². The van der Waals surface area contributed by atoms with Gasteiger partial charge in [0.2, 0.25) is 0 Å². The van der Waals surface area contributed by atoms with E-state index in [1.54, 1.807) is 12.1 Å². The molecule has 0 N–H and O–H groups in total. The molecule has 0 spiro atoms. The summed E-state index contributed by atoms with van der Waals surface area (Å²) in [6.07, 6.45) is 0. The predicted molar refractivity (Wildman–Crippen MR) is 78.5 cm³/mol. The Morgan fingerprint density at radius 1 is 1.11 bits per heavy atom. The molecule has 0 aromatic heterocycles. The zero-order valence-corrected chi connectivity index (χ0v) is 12.8. The molecular formula is C15H11BrClFO. The molecule has 0 saturated heterocycles. The average Bonchev–Trinajstić information content (AvgIpc) is 2.36. The lowest BCUT2D eigenvalue weighted by molar-refractivity contribution is 0.103. The first-order valence-corrected chi connectivity index (χ1v) is 6.83. The Balaban J connectivity index is 2.56. The van der Waals surface area contributed by atoms with E-state index in [9.17, 15) is 9.18 Å². The molecule has 0 unspecified atom stereocenters. The van der Waals surface area contributed by atoms with E-state index in [-0.39, 0.29) is 5.78 Å². The van der Waals surface area contributed by atoms with Crippen molar-refractivity contribution < 1.29 is 9.18 Å². The Morgan fingerprint density at radius 2 is 1.79 bits per heavy atom. The molecule has 0 bridgehead atoms. The lowest BCUT2D eigenvalue weighted by atomic mass is 9.97. The normalized spacial score (nSPS) is 10.6. The molecule has 2 aromatic rings. The van der Waals surface area contributed by atoms with Crippen molar-refractivity contribution in [3.05, 3.63) is 67.9 Å². The number of rotatable bonds is 2. The molecule has 0 aliphatic carbocycles. The number of aryl methyl sites for hydroxylation is 2. The van der Waals surface area contributed by atoms with Crippen LogP contribution in [0.2, 0.25) is 5.02 Å². The number of carbonyl (C=O) groups is 1. The van der Waals surface area contributed by atoms with Gasteiger partial charge >= 0.3 is 0 Å². The van der Waals surface area contributed by atoms with E-state index in [2.05, 4.69) is 15.9 Å². The second kappa shape index (κ2) is 5.43. The molecule has 0 heterocycles. The molecule has 0 atom stereocenters. The second-order valence-electron chi connectivity index (χ2n) is 4.37.